The zero-order chi connectivity index (χ0) is 13.0. The first-order valence-corrected chi connectivity index (χ1v) is 5.41. The second kappa shape index (κ2) is 5.26. The topological polar surface area (TPSA) is 92.9 Å². The third-order valence-electron chi connectivity index (χ3n) is 2.25. The van der Waals surface area contributed by atoms with E-state index in [-0.39, 0.29) is 18.1 Å². The van der Waals surface area contributed by atoms with Crippen LogP contribution in [-0.2, 0) is 6.54 Å². The van der Waals surface area contributed by atoms with Gasteiger partial charge in [-0.15, -0.1) is 10.2 Å². The lowest BCUT2D eigenvalue weighted by Crippen LogP contribution is -2.24. The summed E-state index contributed by atoms with van der Waals surface area (Å²) in [5.41, 5.74) is 1.03. The largest absolute Gasteiger partial charge is 0.372 e. The summed E-state index contributed by atoms with van der Waals surface area (Å²) < 4.78 is 4.98. The van der Waals surface area contributed by atoms with Gasteiger partial charge in [-0.05, 0) is 19.1 Å². The molecular weight excluding hydrogens is 234 g/mol. The second-order valence-corrected chi connectivity index (χ2v) is 3.67. The van der Waals surface area contributed by atoms with Gasteiger partial charge in [-0.2, -0.15) is 0 Å². The number of anilines is 1. The Balaban J connectivity index is 1.94. The highest BCUT2D eigenvalue weighted by molar-refractivity contribution is 5.92. The summed E-state index contributed by atoms with van der Waals surface area (Å²) in [5, 5.41) is 16.8. The summed E-state index contributed by atoms with van der Waals surface area (Å²) in [6, 6.07) is 5.04. The van der Waals surface area contributed by atoms with Crippen molar-refractivity contribution >= 4 is 11.7 Å². The highest BCUT2D eigenvalue weighted by atomic mass is 16.5. The zero-order valence-corrected chi connectivity index (χ0v) is 10.1. The average Bonchev–Trinajstić information content (AvgIpc) is 2.82. The van der Waals surface area contributed by atoms with Crippen molar-refractivity contribution in [3.8, 4) is 0 Å². The molecule has 0 atom stereocenters. The van der Waals surface area contributed by atoms with Crippen molar-refractivity contribution in [2.75, 3.05) is 12.4 Å². The van der Waals surface area contributed by atoms with Gasteiger partial charge in [0.2, 0.25) is 0 Å². The van der Waals surface area contributed by atoms with E-state index < -0.39 is 0 Å². The normalized spacial score (nSPS) is 10.1. The van der Waals surface area contributed by atoms with E-state index in [1.165, 1.54) is 0 Å². The molecular formula is C11H13N5O2. The van der Waals surface area contributed by atoms with Crippen molar-refractivity contribution in [1.29, 1.82) is 0 Å². The monoisotopic (exact) mass is 247 g/mol. The third kappa shape index (κ3) is 2.82. The maximum absolute atomic E-state index is 11.7. The predicted octanol–water partition coefficient (Wildman–Crippen LogP) is 0.745. The molecule has 1 amide bonds. The molecule has 2 heterocycles. The van der Waals surface area contributed by atoms with Crippen LogP contribution >= 0.6 is 0 Å². The molecule has 0 aliphatic rings. The Morgan fingerprint density at radius 1 is 1.39 bits per heavy atom. The summed E-state index contributed by atoms with van der Waals surface area (Å²) in [6.07, 6.45) is 0. The standard InChI is InChI=1S/C11H13N5O2/c1-7-5-8(18-16-7)6-13-11(17)9-3-4-10(12-2)15-14-9/h3-5H,6H2,1-2H3,(H,12,15)(H,13,17). The molecule has 7 nitrogen and oxygen atoms in total. The van der Waals surface area contributed by atoms with E-state index in [1.54, 1.807) is 25.2 Å². The Labute approximate surface area is 104 Å². The maximum Gasteiger partial charge on any atom is 0.272 e. The van der Waals surface area contributed by atoms with Gasteiger partial charge in [-0.1, -0.05) is 5.16 Å². The molecule has 2 rings (SSSR count). The molecule has 0 aliphatic carbocycles. The number of rotatable bonds is 4. The van der Waals surface area contributed by atoms with E-state index in [9.17, 15) is 4.79 Å². The van der Waals surface area contributed by atoms with Crippen LogP contribution in [0.2, 0.25) is 0 Å². The number of amides is 1. The van der Waals surface area contributed by atoms with Crippen LogP contribution in [0.5, 0.6) is 0 Å². The van der Waals surface area contributed by atoms with Crippen molar-refractivity contribution in [3.05, 3.63) is 35.3 Å². The van der Waals surface area contributed by atoms with Crippen LogP contribution in [0.4, 0.5) is 5.82 Å². The number of hydrogen-bond acceptors (Lipinski definition) is 6. The van der Waals surface area contributed by atoms with Crippen LogP contribution in [0.15, 0.2) is 22.7 Å². The van der Waals surface area contributed by atoms with E-state index in [0.717, 1.165) is 5.69 Å². The highest BCUT2D eigenvalue weighted by Crippen LogP contribution is 2.03. The molecule has 7 heteroatoms. The zero-order valence-electron chi connectivity index (χ0n) is 10.1. The van der Waals surface area contributed by atoms with E-state index in [0.29, 0.717) is 11.6 Å². The van der Waals surface area contributed by atoms with Crippen molar-refractivity contribution in [1.82, 2.24) is 20.7 Å². The van der Waals surface area contributed by atoms with Crippen molar-refractivity contribution in [2.45, 2.75) is 13.5 Å². The van der Waals surface area contributed by atoms with Gasteiger partial charge >= 0.3 is 0 Å². The first-order valence-electron chi connectivity index (χ1n) is 5.41. The summed E-state index contributed by atoms with van der Waals surface area (Å²) in [4.78, 5) is 11.7. The Morgan fingerprint density at radius 2 is 2.22 bits per heavy atom. The smallest absolute Gasteiger partial charge is 0.272 e. The number of carbonyl (C=O) groups excluding carboxylic acids is 1. The molecule has 0 fully saturated rings. The Hall–Kier alpha value is -2.44. The Bertz CT molecular complexity index is 535. The molecule has 0 bridgehead atoms. The minimum absolute atomic E-state index is 0.255. The quantitative estimate of drug-likeness (QED) is 0.828. The highest BCUT2D eigenvalue weighted by Gasteiger charge is 2.09. The third-order valence-corrected chi connectivity index (χ3v) is 2.25. The van der Waals surface area contributed by atoms with E-state index >= 15 is 0 Å². The first kappa shape index (κ1) is 12.0. The van der Waals surface area contributed by atoms with Crippen LogP contribution in [0.25, 0.3) is 0 Å². The fourth-order valence-corrected chi connectivity index (χ4v) is 1.34. The fraction of sp³-hybridized carbons (Fsp3) is 0.273. The summed E-state index contributed by atoms with van der Waals surface area (Å²) in [5.74, 6) is 0.900. The van der Waals surface area contributed by atoms with Crippen LogP contribution in [0.3, 0.4) is 0 Å². The van der Waals surface area contributed by atoms with Crippen LogP contribution < -0.4 is 10.6 Å². The van der Waals surface area contributed by atoms with Gasteiger partial charge in [0, 0.05) is 13.1 Å². The number of aromatic nitrogens is 3. The van der Waals surface area contributed by atoms with Crippen molar-refractivity contribution < 1.29 is 9.32 Å². The number of hydrogen-bond donors (Lipinski definition) is 2. The summed E-state index contributed by atoms with van der Waals surface area (Å²) >= 11 is 0. The SMILES string of the molecule is CNc1ccc(C(=O)NCc2cc(C)no2)nn1. The molecule has 0 unspecified atom stereocenters. The summed E-state index contributed by atoms with van der Waals surface area (Å²) in [6.45, 7) is 2.09. The lowest BCUT2D eigenvalue weighted by atomic mass is 10.3. The van der Waals surface area contributed by atoms with Gasteiger partial charge in [-0.3, -0.25) is 4.79 Å². The fourth-order valence-electron chi connectivity index (χ4n) is 1.34. The van der Waals surface area contributed by atoms with Crippen molar-refractivity contribution in [2.24, 2.45) is 0 Å². The van der Waals surface area contributed by atoms with Gasteiger partial charge in [0.25, 0.3) is 5.91 Å². The van der Waals surface area contributed by atoms with Crippen LogP contribution in [0.1, 0.15) is 21.9 Å². The van der Waals surface area contributed by atoms with E-state index in [4.69, 9.17) is 4.52 Å². The van der Waals surface area contributed by atoms with E-state index in [2.05, 4.69) is 26.0 Å². The van der Waals surface area contributed by atoms with Crippen LogP contribution in [0, 0.1) is 6.92 Å². The molecule has 0 radical (unpaired) electrons. The van der Waals surface area contributed by atoms with E-state index in [1.807, 2.05) is 6.92 Å². The first-order chi connectivity index (χ1) is 8.69. The van der Waals surface area contributed by atoms with Crippen LogP contribution in [-0.4, -0.2) is 28.3 Å². The van der Waals surface area contributed by atoms with Crippen molar-refractivity contribution in [3.63, 3.8) is 0 Å². The Morgan fingerprint density at radius 3 is 2.78 bits per heavy atom. The molecule has 2 aromatic heterocycles. The molecule has 0 saturated carbocycles. The minimum Gasteiger partial charge on any atom is -0.372 e. The lowest BCUT2D eigenvalue weighted by molar-refractivity contribution is 0.0941. The second-order valence-electron chi connectivity index (χ2n) is 3.67. The molecule has 0 aliphatic heterocycles. The molecule has 0 saturated heterocycles. The molecule has 0 spiro atoms. The van der Waals surface area contributed by atoms with Gasteiger partial charge in [0.1, 0.15) is 5.82 Å². The maximum atomic E-state index is 11.7. The molecule has 94 valence electrons. The van der Waals surface area contributed by atoms with Gasteiger partial charge in [0.15, 0.2) is 11.5 Å². The predicted molar refractivity (Wildman–Crippen MR) is 64.0 cm³/mol. The van der Waals surface area contributed by atoms with Gasteiger partial charge in [0.05, 0.1) is 12.2 Å². The molecule has 0 aromatic carbocycles. The molecule has 2 N–H and O–H groups in total. The molecule has 18 heavy (non-hydrogen) atoms. The number of aryl methyl sites for hydroxylation is 1. The number of nitrogens with zero attached hydrogens (tertiary/aromatic N) is 3. The molecule has 2 aromatic rings. The minimum atomic E-state index is -0.306. The lowest BCUT2D eigenvalue weighted by Gasteiger charge is -2.02. The number of nitrogens with one attached hydrogen (secondary N) is 2. The van der Waals surface area contributed by atoms with Gasteiger partial charge < -0.3 is 15.2 Å². The Kier molecular flexibility index (Phi) is 3.52. The summed E-state index contributed by atoms with van der Waals surface area (Å²) in [7, 11) is 1.73. The van der Waals surface area contributed by atoms with Gasteiger partial charge in [-0.25, -0.2) is 0 Å². The average molecular weight is 247 g/mol. The number of carbonyl (C=O) groups is 1.